The van der Waals surface area contributed by atoms with Crippen molar-refractivity contribution in [2.45, 2.75) is 20.3 Å². The zero-order valence-corrected chi connectivity index (χ0v) is 17.3. The maximum Gasteiger partial charge on any atom is 0.225 e. The van der Waals surface area contributed by atoms with Gasteiger partial charge in [0.05, 0.1) is 30.1 Å². The van der Waals surface area contributed by atoms with Gasteiger partial charge in [-0.15, -0.1) is 0 Å². The highest BCUT2D eigenvalue weighted by atomic mass is 16.5. The number of benzene rings is 1. The number of aromatic nitrogens is 3. The molecule has 1 saturated heterocycles. The molecule has 0 amide bonds. The highest BCUT2D eigenvalue weighted by Crippen LogP contribution is 2.27. The van der Waals surface area contributed by atoms with Crippen molar-refractivity contribution < 1.29 is 4.74 Å². The molecule has 0 radical (unpaired) electrons. The maximum atomic E-state index is 8.91. The van der Waals surface area contributed by atoms with Gasteiger partial charge in [0, 0.05) is 37.0 Å². The van der Waals surface area contributed by atoms with Crippen molar-refractivity contribution in [3.05, 3.63) is 66.1 Å². The second-order valence-electron chi connectivity index (χ2n) is 7.77. The van der Waals surface area contributed by atoms with Gasteiger partial charge in [-0.1, -0.05) is 26.0 Å². The van der Waals surface area contributed by atoms with Crippen LogP contribution in [0.2, 0.25) is 0 Å². The van der Waals surface area contributed by atoms with Crippen molar-refractivity contribution in [1.29, 1.82) is 5.26 Å². The third-order valence-electron chi connectivity index (χ3n) is 5.66. The third-order valence-corrected chi connectivity index (χ3v) is 5.66. The summed E-state index contributed by atoms with van der Waals surface area (Å²) in [5.74, 6) is 2.49. The normalized spacial score (nSPS) is 18.2. The quantitative estimate of drug-likeness (QED) is 0.621. The fourth-order valence-electron chi connectivity index (χ4n) is 3.66. The van der Waals surface area contributed by atoms with Gasteiger partial charge in [-0.2, -0.15) is 5.26 Å². The summed E-state index contributed by atoms with van der Waals surface area (Å²) >= 11 is 0. The second-order valence-corrected chi connectivity index (χ2v) is 7.77. The van der Waals surface area contributed by atoms with Gasteiger partial charge < -0.3 is 9.64 Å². The first-order valence-corrected chi connectivity index (χ1v) is 10.3. The van der Waals surface area contributed by atoms with Crippen LogP contribution in [-0.2, 0) is 6.42 Å². The van der Waals surface area contributed by atoms with Gasteiger partial charge in [0.2, 0.25) is 5.95 Å². The van der Waals surface area contributed by atoms with Crippen molar-refractivity contribution in [2.75, 3.05) is 24.6 Å². The zero-order valence-electron chi connectivity index (χ0n) is 17.3. The molecule has 30 heavy (non-hydrogen) atoms. The lowest BCUT2D eigenvalue weighted by atomic mass is 9.99. The molecule has 0 bridgehead atoms. The number of nitriles is 1. The first-order valence-electron chi connectivity index (χ1n) is 10.3. The number of nitrogens with zero attached hydrogens (tertiary/aromatic N) is 5. The topological polar surface area (TPSA) is 74.9 Å². The highest BCUT2D eigenvalue weighted by Gasteiger charge is 2.31. The Morgan fingerprint density at radius 1 is 1.03 bits per heavy atom. The monoisotopic (exact) mass is 399 g/mol. The lowest BCUT2D eigenvalue weighted by Crippen LogP contribution is -2.23. The van der Waals surface area contributed by atoms with Crippen LogP contribution in [0.4, 0.5) is 5.95 Å². The molecule has 6 heteroatoms. The molecular weight excluding hydrogens is 374 g/mol. The molecule has 1 aromatic carbocycles. The molecule has 2 aromatic heterocycles. The minimum absolute atomic E-state index is 0.414. The van der Waals surface area contributed by atoms with Crippen LogP contribution >= 0.6 is 0 Å². The number of aryl methyl sites for hydroxylation is 1. The number of hydrogen-bond acceptors (Lipinski definition) is 6. The lowest BCUT2D eigenvalue weighted by Gasteiger charge is -2.16. The predicted molar refractivity (Wildman–Crippen MR) is 116 cm³/mol. The molecule has 0 N–H and O–H groups in total. The average molecular weight is 399 g/mol. The standard InChI is InChI=1S/C24H25N5O/c1-3-18-11-27-24(28-12-18)29-14-17(2)21(15-29)16-30-22-8-9-23(26-13-22)20-6-4-19(10-25)5-7-20/h4-9,11-13,17,21H,3,14-16H2,1-2H3. The Morgan fingerprint density at radius 2 is 1.80 bits per heavy atom. The molecule has 6 nitrogen and oxygen atoms in total. The molecule has 152 valence electrons. The Balaban J connectivity index is 1.34. The smallest absolute Gasteiger partial charge is 0.225 e. The molecule has 0 spiro atoms. The largest absolute Gasteiger partial charge is 0.492 e. The van der Waals surface area contributed by atoms with Gasteiger partial charge in [0.1, 0.15) is 5.75 Å². The van der Waals surface area contributed by atoms with Crippen molar-refractivity contribution in [3.8, 4) is 23.1 Å². The lowest BCUT2D eigenvalue weighted by molar-refractivity contribution is 0.232. The number of ether oxygens (including phenoxy) is 1. The molecule has 0 saturated carbocycles. The molecule has 1 aliphatic rings. The van der Waals surface area contributed by atoms with Crippen LogP contribution in [0.3, 0.4) is 0 Å². The molecule has 3 heterocycles. The van der Waals surface area contributed by atoms with Crippen LogP contribution in [0.15, 0.2) is 55.0 Å². The van der Waals surface area contributed by atoms with Gasteiger partial charge in [-0.25, -0.2) is 9.97 Å². The molecule has 3 aromatic rings. The van der Waals surface area contributed by atoms with Gasteiger partial charge >= 0.3 is 0 Å². The summed E-state index contributed by atoms with van der Waals surface area (Å²) in [6.45, 7) is 6.83. The van der Waals surface area contributed by atoms with Gasteiger partial charge in [-0.3, -0.25) is 4.98 Å². The van der Waals surface area contributed by atoms with Gasteiger partial charge in [0.15, 0.2) is 0 Å². The molecule has 0 aliphatic carbocycles. The summed E-state index contributed by atoms with van der Waals surface area (Å²) in [6, 6.07) is 13.4. The van der Waals surface area contributed by atoms with Crippen LogP contribution in [0.1, 0.15) is 25.0 Å². The van der Waals surface area contributed by atoms with Crippen LogP contribution in [0, 0.1) is 23.2 Å². The SMILES string of the molecule is CCc1cnc(N2CC(C)C(COc3ccc(-c4ccc(C#N)cc4)nc3)C2)nc1. The van der Waals surface area contributed by atoms with Crippen LogP contribution in [-0.4, -0.2) is 34.6 Å². The van der Waals surface area contributed by atoms with E-state index in [0.717, 1.165) is 48.0 Å². The van der Waals surface area contributed by atoms with E-state index in [2.05, 4.69) is 39.8 Å². The first kappa shape index (κ1) is 19.8. The summed E-state index contributed by atoms with van der Waals surface area (Å²) in [5, 5.41) is 8.91. The molecular formula is C24H25N5O. The Morgan fingerprint density at radius 3 is 2.43 bits per heavy atom. The summed E-state index contributed by atoms with van der Waals surface area (Å²) in [7, 11) is 0. The number of rotatable bonds is 6. The summed E-state index contributed by atoms with van der Waals surface area (Å²) in [5.41, 5.74) is 3.64. The van der Waals surface area contributed by atoms with E-state index in [4.69, 9.17) is 10.00 Å². The Bertz CT molecular complexity index is 1010. The predicted octanol–water partition coefficient (Wildman–Crippen LogP) is 4.12. The van der Waals surface area contributed by atoms with E-state index in [-0.39, 0.29) is 0 Å². The number of anilines is 1. The average Bonchev–Trinajstić information content (AvgIpc) is 3.18. The molecule has 4 rings (SSSR count). The fourth-order valence-corrected chi connectivity index (χ4v) is 3.66. The third kappa shape index (κ3) is 4.41. The van der Waals surface area contributed by atoms with E-state index in [9.17, 15) is 0 Å². The Kier molecular flexibility index (Phi) is 5.89. The Hall–Kier alpha value is -3.46. The zero-order chi connectivity index (χ0) is 20.9. The molecule has 2 atom stereocenters. The summed E-state index contributed by atoms with van der Waals surface area (Å²) < 4.78 is 6.04. The van der Waals surface area contributed by atoms with E-state index in [0.29, 0.717) is 24.0 Å². The first-order chi connectivity index (χ1) is 14.7. The highest BCUT2D eigenvalue weighted by molar-refractivity contribution is 5.60. The summed E-state index contributed by atoms with van der Waals surface area (Å²) in [6.07, 6.45) is 6.54. The molecule has 2 unspecified atom stereocenters. The minimum Gasteiger partial charge on any atom is -0.492 e. The summed E-state index contributed by atoms with van der Waals surface area (Å²) in [4.78, 5) is 15.8. The van der Waals surface area contributed by atoms with E-state index in [1.165, 1.54) is 0 Å². The van der Waals surface area contributed by atoms with Crippen molar-refractivity contribution in [1.82, 2.24) is 15.0 Å². The van der Waals surface area contributed by atoms with Crippen LogP contribution in [0.5, 0.6) is 5.75 Å². The van der Waals surface area contributed by atoms with Crippen molar-refractivity contribution >= 4 is 5.95 Å². The molecule has 1 fully saturated rings. The maximum absolute atomic E-state index is 8.91. The van der Waals surface area contributed by atoms with Gasteiger partial charge in [0.25, 0.3) is 0 Å². The van der Waals surface area contributed by atoms with E-state index < -0.39 is 0 Å². The minimum atomic E-state index is 0.414. The van der Waals surface area contributed by atoms with Crippen molar-refractivity contribution in [2.24, 2.45) is 11.8 Å². The van der Waals surface area contributed by atoms with E-state index in [1.54, 1.807) is 18.3 Å². The number of hydrogen-bond donors (Lipinski definition) is 0. The Labute approximate surface area is 177 Å². The van der Waals surface area contributed by atoms with Crippen LogP contribution in [0.25, 0.3) is 11.3 Å². The molecule has 1 aliphatic heterocycles. The van der Waals surface area contributed by atoms with E-state index >= 15 is 0 Å². The fraction of sp³-hybridized carbons (Fsp3) is 0.333. The van der Waals surface area contributed by atoms with Gasteiger partial charge in [-0.05, 0) is 42.2 Å². The second kappa shape index (κ2) is 8.91. The number of pyridine rings is 1. The van der Waals surface area contributed by atoms with E-state index in [1.807, 2.05) is 36.7 Å². The van der Waals surface area contributed by atoms with Crippen LogP contribution < -0.4 is 9.64 Å². The van der Waals surface area contributed by atoms with Crippen molar-refractivity contribution in [3.63, 3.8) is 0 Å².